The van der Waals surface area contributed by atoms with Crippen LogP contribution in [0.15, 0.2) is 12.2 Å². The first-order valence-electron chi connectivity index (χ1n) is 8.84. The molecule has 3 heteroatoms. The number of hydrogen-bond acceptors (Lipinski definition) is 3. The van der Waals surface area contributed by atoms with Gasteiger partial charge in [0.25, 0.3) is 0 Å². The van der Waals surface area contributed by atoms with Gasteiger partial charge in [0.15, 0.2) is 0 Å². The molecule has 3 saturated carbocycles. The molecule has 0 aromatic rings. The van der Waals surface area contributed by atoms with Gasteiger partial charge in [-0.05, 0) is 73.7 Å². The summed E-state index contributed by atoms with van der Waals surface area (Å²) in [5.41, 5.74) is -0.467. The summed E-state index contributed by atoms with van der Waals surface area (Å²) in [6.07, 6.45) is 9.42. The molecule has 0 heterocycles. The van der Waals surface area contributed by atoms with Crippen molar-refractivity contribution >= 4 is 11.6 Å². The minimum Gasteiger partial charge on any atom is -0.393 e. The normalized spacial score (nSPS) is 53.9. The zero-order valence-electron chi connectivity index (χ0n) is 13.5. The Kier molecular flexibility index (Phi) is 3.01. The Morgan fingerprint density at radius 3 is 2.59 bits per heavy atom. The summed E-state index contributed by atoms with van der Waals surface area (Å²) in [6.45, 7) is 4.29. The molecule has 0 aromatic heterocycles. The molecule has 4 rings (SSSR count). The molecule has 0 aromatic carbocycles. The van der Waals surface area contributed by atoms with E-state index in [1.165, 1.54) is 6.08 Å². The van der Waals surface area contributed by atoms with E-state index in [-0.39, 0.29) is 29.0 Å². The van der Waals surface area contributed by atoms with Gasteiger partial charge < -0.3 is 5.11 Å². The Morgan fingerprint density at radius 1 is 1.05 bits per heavy atom. The standard InChI is InChI=1S/C19H26O3/c1-18-10-9-14-12(13(18)6-8-16(18)21)5-3-11-4-7-15(20)17(22)19(11,14)2/h4,7,11-14,16,21H,3,5-6,8-10H2,1-2H3/t11?,12-,13-,14-,16-,18-,19-/m0/s1. The third-order valence-electron chi connectivity index (χ3n) is 7.93. The zero-order valence-corrected chi connectivity index (χ0v) is 13.5. The highest BCUT2D eigenvalue weighted by atomic mass is 16.3. The van der Waals surface area contributed by atoms with E-state index in [9.17, 15) is 14.7 Å². The second kappa shape index (κ2) is 4.53. The Bertz CT molecular complexity index is 565. The average Bonchev–Trinajstić information content (AvgIpc) is 2.80. The molecule has 1 unspecified atom stereocenters. The minimum atomic E-state index is -0.496. The molecule has 0 bridgehead atoms. The van der Waals surface area contributed by atoms with Crippen LogP contribution < -0.4 is 0 Å². The predicted molar refractivity (Wildman–Crippen MR) is 83.0 cm³/mol. The highest BCUT2D eigenvalue weighted by Gasteiger charge is 2.62. The molecule has 0 saturated heterocycles. The average molecular weight is 302 g/mol. The van der Waals surface area contributed by atoms with Gasteiger partial charge in [0.2, 0.25) is 11.6 Å². The summed E-state index contributed by atoms with van der Waals surface area (Å²) >= 11 is 0. The van der Waals surface area contributed by atoms with E-state index >= 15 is 0 Å². The molecule has 0 spiro atoms. The Labute approximate surface area is 132 Å². The smallest absolute Gasteiger partial charge is 0.221 e. The second-order valence-electron chi connectivity index (χ2n) is 8.53. The molecular formula is C19H26O3. The third-order valence-corrected chi connectivity index (χ3v) is 7.93. The number of rotatable bonds is 0. The summed E-state index contributed by atoms with van der Waals surface area (Å²) in [5, 5.41) is 10.4. The van der Waals surface area contributed by atoms with Gasteiger partial charge in [0.1, 0.15) is 0 Å². The van der Waals surface area contributed by atoms with E-state index in [4.69, 9.17) is 0 Å². The van der Waals surface area contributed by atoms with Crippen molar-refractivity contribution in [1.82, 2.24) is 0 Å². The number of ketones is 2. The quantitative estimate of drug-likeness (QED) is 0.700. The predicted octanol–water partition coefficient (Wildman–Crippen LogP) is 2.91. The molecule has 0 amide bonds. The van der Waals surface area contributed by atoms with Crippen LogP contribution in [0.3, 0.4) is 0 Å². The highest BCUT2D eigenvalue weighted by Crippen LogP contribution is 2.64. The van der Waals surface area contributed by atoms with Crippen molar-refractivity contribution in [2.75, 3.05) is 0 Å². The molecule has 4 aliphatic rings. The number of carbonyl (C=O) groups excluding carboxylic acids is 2. The second-order valence-corrected chi connectivity index (χ2v) is 8.53. The molecule has 22 heavy (non-hydrogen) atoms. The molecule has 7 atom stereocenters. The monoisotopic (exact) mass is 302 g/mol. The van der Waals surface area contributed by atoms with E-state index in [2.05, 4.69) is 6.92 Å². The molecule has 4 aliphatic carbocycles. The molecule has 3 fully saturated rings. The third kappa shape index (κ3) is 1.61. The Morgan fingerprint density at radius 2 is 1.82 bits per heavy atom. The number of hydrogen-bond donors (Lipinski definition) is 1. The first-order chi connectivity index (χ1) is 10.4. The van der Waals surface area contributed by atoms with E-state index in [1.807, 2.05) is 13.0 Å². The van der Waals surface area contributed by atoms with Crippen LogP contribution in [0.5, 0.6) is 0 Å². The fourth-order valence-electron chi connectivity index (χ4n) is 6.53. The number of aliphatic hydroxyl groups is 1. The first-order valence-corrected chi connectivity index (χ1v) is 8.84. The van der Waals surface area contributed by atoms with Gasteiger partial charge >= 0.3 is 0 Å². The van der Waals surface area contributed by atoms with Crippen molar-refractivity contribution in [3.8, 4) is 0 Å². The molecular weight excluding hydrogens is 276 g/mol. The summed E-state index contributed by atoms with van der Waals surface area (Å²) in [5.74, 6) is 1.11. The number of allylic oxidation sites excluding steroid dienone is 2. The fourth-order valence-corrected chi connectivity index (χ4v) is 6.53. The summed E-state index contributed by atoms with van der Waals surface area (Å²) < 4.78 is 0. The van der Waals surface area contributed by atoms with Gasteiger partial charge in [-0.3, -0.25) is 9.59 Å². The lowest BCUT2D eigenvalue weighted by Gasteiger charge is -2.57. The van der Waals surface area contributed by atoms with Crippen LogP contribution in [0.4, 0.5) is 0 Å². The number of fused-ring (bicyclic) bond motifs is 5. The van der Waals surface area contributed by atoms with Crippen LogP contribution in [0.1, 0.15) is 52.4 Å². The number of carbonyl (C=O) groups is 2. The van der Waals surface area contributed by atoms with Gasteiger partial charge in [-0.1, -0.05) is 19.9 Å². The molecule has 3 nitrogen and oxygen atoms in total. The summed E-state index contributed by atoms with van der Waals surface area (Å²) in [7, 11) is 0. The SMILES string of the molecule is C[C@]12CC[C@H]3[C@@H](CCC4C=CC(=O)C(=O)[C@@]43C)[C@@H]1CC[C@@H]2O. The van der Waals surface area contributed by atoms with Gasteiger partial charge in [-0.15, -0.1) is 0 Å². The maximum atomic E-state index is 12.7. The molecule has 120 valence electrons. The van der Waals surface area contributed by atoms with Gasteiger partial charge in [0.05, 0.1) is 6.10 Å². The minimum absolute atomic E-state index is 0.0297. The summed E-state index contributed by atoms with van der Waals surface area (Å²) in [4.78, 5) is 24.7. The van der Waals surface area contributed by atoms with Gasteiger partial charge in [-0.25, -0.2) is 0 Å². The van der Waals surface area contributed by atoms with E-state index < -0.39 is 5.41 Å². The van der Waals surface area contributed by atoms with E-state index in [1.54, 1.807) is 0 Å². The van der Waals surface area contributed by atoms with Crippen LogP contribution in [0.25, 0.3) is 0 Å². The Hall–Kier alpha value is -0.960. The lowest BCUT2D eigenvalue weighted by molar-refractivity contribution is -0.156. The lowest BCUT2D eigenvalue weighted by Crippen LogP contribution is -2.57. The van der Waals surface area contributed by atoms with Crippen molar-refractivity contribution in [3.63, 3.8) is 0 Å². The van der Waals surface area contributed by atoms with Crippen LogP contribution >= 0.6 is 0 Å². The lowest BCUT2D eigenvalue weighted by atomic mass is 9.45. The largest absolute Gasteiger partial charge is 0.393 e. The van der Waals surface area contributed by atoms with Crippen molar-refractivity contribution in [2.45, 2.75) is 58.5 Å². The summed E-state index contributed by atoms with van der Waals surface area (Å²) in [6, 6.07) is 0. The molecule has 1 N–H and O–H groups in total. The fraction of sp³-hybridized carbons (Fsp3) is 0.789. The van der Waals surface area contributed by atoms with E-state index in [0.29, 0.717) is 17.8 Å². The maximum absolute atomic E-state index is 12.7. The molecule has 0 aliphatic heterocycles. The van der Waals surface area contributed by atoms with Crippen molar-refractivity contribution in [1.29, 1.82) is 0 Å². The van der Waals surface area contributed by atoms with Crippen LogP contribution in [0, 0.1) is 34.5 Å². The first kappa shape index (κ1) is 14.6. The van der Waals surface area contributed by atoms with Crippen LogP contribution in [-0.4, -0.2) is 22.8 Å². The van der Waals surface area contributed by atoms with Crippen LogP contribution in [-0.2, 0) is 9.59 Å². The number of aliphatic hydroxyl groups excluding tert-OH is 1. The Balaban J connectivity index is 1.73. The van der Waals surface area contributed by atoms with Gasteiger partial charge in [0, 0.05) is 5.41 Å². The maximum Gasteiger partial charge on any atom is 0.221 e. The van der Waals surface area contributed by atoms with E-state index in [0.717, 1.165) is 38.5 Å². The topological polar surface area (TPSA) is 54.4 Å². The number of Topliss-reactive ketones (excluding diaryl/α,β-unsaturated/α-hetero) is 1. The zero-order chi connectivity index (χ0) is 15.7. The van der Waals surface area contributed by atoms with Crippen molar-refractivity contribution in [3.05, 3.63) is 12.2 Å². The highest BCUT2D eigenvalue weighted by molar-refractivity contribution is 6.44. The van der Waals surface area contributed by atoms with Crippen molar-refractivity contribution < 1.29 is 14.7 Å². The van der Waals surface area contributed by atoms with Crippen molar-refractivity contribution in [2.24, 2.45) is 34.5 Å². The molecule has 0 radical (unpaired) electrons. The van der Waals surface area contributed by atoms with Gasteiger partial charge in [-0.2, -0.15) is 0 Å². The van der Waals surface area contributed by atoms with Crippen LogP contribution in [0.2, 0.25) is 0 Å².